The van der Waals surface area contributed by atoms with Crippen molar-refractivity contribution in [3.05, 3.63) is 59.3 Å². The first-order valence-electron chi connectivity index (χ1n) is 14.0. The van der Waals surface area contributed by atoms with Gasteiger partial charge in [-0.1, -0.05) is 55.7 Å². The molecule has 6 nitrogen and oxygen atoms in total. The fourth-order valence-electron chi connectivity index (χ4n) is 7.70. The van der Waals surface area contributed by atoms with E-state index in [1.165, 1.54) is 43.2 Å². The fraction of sp³-hybridized carbons (Fsp3) is 0.600. The number of carbonyl (C=O) groups excluding carboxylic acids is 1. The number of carbonyl (C=O) groups is 1. The zero-order chi connectivity index (χ0) is 24.5. The summed E-state index contributed by atoms with van der Waals surface area (Å²) in [6, 6.07) is 15.5. The van der Waals surface area contributed by atoms with Crippen molar-refractivity contribution in [1.82, 2.24) is 20.5 Å². The van der Waals surface area contributed by atoms with Crippen molar-refractivity contribution in [1.29, 1.82) is 0 Å². The van der Waals surface area contributed by atoms with Crippen LogP contribution in [0, 0.1) is 11.8 Å². The average molecular weight is 489 g/mol. The van der Waals surface area contributed by atoms with Crippen molar-refractivity contribution in [3.8, 4) is 5.88 Å². The van der Waals surface area contributed by atoms with E-state index in [-0.39, 0.29) is 11.3 Å². The number of nitrogens with zero attached hydrogens (tertiary/aromatic N) is 2. The molecule has 1 amide bonds. The zero-order valence-electron chi connectivity index (χ0n) is 21.5. The zero-order valence-corrected chi connectivity index (χ0v) is 21.5. The SMILES string of the molecule is COc1ccc2c(n1)CNC[C@]21CNC[C@H]1C(=O)N1CC[C@@H](c2ccccc2)C[C@H]1C1CCCCC1. The van der Waals surface area contributed by atoms with Crippen LogP contribution in [-0.2, 0) is 16.8 Å². The topological polar surface area (TPSA) is 66.5 Å². The molecule has 2 N–H and O–H groups in total. The molecule has 4 heterocycles. The van der Waals surface area contributed by atoms with Crippen LogP contribution < -0.4 is 15.4 Å². The van der Waals surface area contributed by atoms with E-state index in [2.05, 4.69) is 51.9 Å². The number of pyridine rings is 1. The number of ether oxygens (including phenoxy) is 1. The monoisotopic (exact) mass is 488 g/mol. The third-order valence-corrected chi connectivity index (χ3v) is 9.57. The lowest BCUT2D eigenvalue weighted by Crippen LogP contribution is -2.57. The standard InChI is InChI=1S/C30H40N4O2/c1-36-28-13-12-24-26(33-28)18-32-20-30(24)19-31-17-25(30)29(35)34-15-14-23(21-8-4-2-5-9-21)16-27(34)22-10-6-3-7-11-22/h2,4-5,8-9,12-13,22-23,25,27,31-32H,3,6-7,10-11,14-20H2,1H3/t23-,25+,27+,30-/m1/s1. The summed E-state index contributed by atoms with van der Waals surface area (Å²) in [5.74, 6) is 2.10. The molecule has 4 aliphatic rings. The minimum absolute atomic E-state index is 0.0707. The second-order valence-corrected chi connectivity index (χ2v) is 11.4. The number of rotatable bonds is 4. The normalized spacial score (nSPS) is 30.8. The highest BCUT2D eigenvalue weighted by atomic mass is 16.5. The molecular weight excluding hydrogens is 448 g/mol. The molecule has 192 valence electrons. The molecule has 2 saturated heterocycles. The second kappa shape index (κ2) is 10.1. The summed E-state index contributed by atoms with van der Waals surface area (Å²) in [5, 5.41) is 7.19. The van der Waals surface area contributed by atoms with Gasteiger partial charge in [0.15, 0.2) is 0 Å². The first-order chi connectivity index (χ1) is 17.7. The average Bonchev–Trinajstić information content (AvgIpc) is 3.37. The van der Waals surface area contributed by atoms with Crippen molar-refractivity contribution in [2.24, 2.45) is 11.8 Å². The maximum Gasteiger partial charge on any atom is 0.228 e. The summed E-state index contributed by atoms with van der Waals surface area (Å²) in [7, 11) is 1.66. The second-order valence-electron chi connectivity index (χ2n) is 11.4. The number of hydrogen-bond donors (Lipinski definition) is 2. The number of hydrogen-bond acceptors (Lipinski definition) is 5. The van der Waals surface area contributed by atoms with Crippen molar-refractivity contribution >= 4 is 5.91 Å². The molecule has 2 aromatic rings. The molecule has 6 rings (SSSR count). The maximum atomic E-state index is 14.5. The van der Waals surface area contributed by atoms with Gasteiger partial charge < -0.3 is 20.3 Å². The highest BCUT2D eigenvalue weighted by Gasteiger charge is 2.53. The van der Waals surface area contributed by atoms with Gasteiger partial charge in [0, 0.05) is 50.2 Å². The number of benzene rings is 1. The van der Waals surface area contributed by atoms with E-state index in [4.69, 9.17) is 9.72 Å². The van der Waals surface area contributed by atoms with Crippen molar-refractivity contribution in [2.75, 3.05) is 33.3 Å². The van der Waals surface area contributed by atoms with Gasteiger partial charge in [-0.15, -0.1) is 0 Å². The minimum atomic E-state index is -0.253. The highest BCUT2D eigenvalue weighted by molar-refractivity contribution is 5.82. The van der Waals surface area contributed by atoms with E-state index in [1.807, 2.05) is 6.07 Å². The molecule has 36 heavy (non-hydrogen) atoms. The predicted octanol–water partition coefficient (Wildman–Crippen LogP) is 4.01. The summed E-state index contributed by atoms with van der Waals surface area (Å²) in [4.78, 5) is 21.6. The third-order valence-electron chi connectivity index (χ3n) is 9.57. The lowest BCUT2D eigenvalue weighted by molar-refractivity contribution is -0.142. The molecule has 1 saturated carbocycles. The van der Waals surface area contributed by atoms with Crippen LogP contribution in [0.3, 0.4) is 0 Å². The number of aromatic nitrogens is 1. The number of piperidine rings is 1. The van der Waals surface area contributed by atoms with Crippen molar-refractivity contribution in [3.63, 3.8) is 0 Å². The van der Waals surface area contributed by atoms with Crippen LogP contribution in [0.25, 0.3) is 0 Å². The van der Waals surface area contributed by atoms with Crippen molar-refractivity contribution < 1.29 is 9.53 Å². The minimum Gasteiger partial charge on any atom is -0.481 e. The van der Waals surface area contributed by atoms with E-state index in [0.717, 1.165) is 51.3 Å². The molecule has 0 bridgehead atoms. The Labute approximate surface area is 215 Å². The van der Waals surface area contributed by atoms with Crippen LogP contribution in [-0.4, -0.2) is 55.1 Å². The Morgan fingerprint density at radius 3 is 2.64 bits per heavy atom. The van der Waals surface area contributed by atoms with Gasteiger partial charge in [-0.2, -0.15) is 0 Å². The molecule has 1 spiro atoms. The molecule has 0 unspecified atom stereocenters. The Hall–Kier alpha value is -2.44. The summed E-state index contributed by atoms with van der Waals surface area (Å²) >= 11 is 0. The van der Waals surface area contributed by atoms with Gasteiger partial charge in [-0.05, 0) is 48.6 Å². The van der Waals surface area contributed by atoms with Crippen LogP contribution in [0.1, 0.15) is 67.7 Å². The third kappa shape index (κ3) is 4.22. The highest BCUT2D eigenvalue weighted by Crippen LogP contribution is 2.44. The Kier molecular flexibility index (Phi) is 6.74. The number of nitrogens with one attached hydrogen (secondary N) is 2. The largest absolute Gasteiger partial charge is 0.481 e. The molecule has 0 radical (unpaired) electrons. The fourth-order valence-corrected chi connectivity index (χ4v) is 7.70. The van der Waals surface area contributed by atoms with Crippen LogP contribution in [0.4, 0.5) is 0 Å². The van der Waals surface area contributed by atoms with Gasteiger partial charge in [-0.3, -0.25) is 4.79 Å². The van der Waals surface area contributed by atoms with Gasteiger partial charge in [0.05, 0.1) is 18.7 Å². The summed E-state index contributed by atoms with van der Waals surface area (Å²) < 4.78 is 5.40. The summed E-state index contributed by atoms with van der Waals surface area (Å²) in [5.41, 5.74) is 3.43. The van der Waals surface area contributed by atoms with E-state index in [0.29, 0.717) is 29.7 Å². The first kappa shape index (κ1) is 23.9. The molecule has 3 aliphatic heterocycles. The molecule has 6 heteroatoms. The van der Waals surface area contributed by atoms with Gasteiger partial charge in [0.25, 0.3) is 0 Å². The molecule has 3 fully saturated rings. The number of fused-ring (bicyclic) bond motifs is 2. The lowest BCUT2D eigenvalue weighted by Gasteiger charge is -2.48. The molecule has 1 aliphatic carbocycles. The Bertz CT molecular complexity index is 1070. The number of likely N-dealkylation sites (tertiary alicyclic amines) is 1. The van der Waals surface area contributed by atoms with Crippen molar-refractivity contribution in [2.45, 2.75) is 68.9 Å². The first-order valence-corrected chi connectivity index (χ1v) is 14.0. The van der Waals surface area contributed by atoms with Gasteiger partial charge >= 0.3 is 0 Å². The van der Waals surface area contributed by atoms with E-state index in [9.17, 15) is 4.79 Å². The van der Waals surface area contributed by atoms with E-state index < -0.39 is 0 Å². The smallest absolute Gasteiger partial charge is 0.228 e. The summed E-state index contributed by atoms with van der Waals surface area (Å²) in [6.07, 6.45) is 8.63. The molecule has 4 atom stereocenters. The Morgan fingerprint density at radius 2 is 1.83 bits per heavy atom. The maximum absolute atomic E-state index is 14.5. The van der Waals surface area contributed by atoms with Crippen LogP contribution in [0.5, 0.6) is 5.88 Å². The van der Waals surface area contributed by atoms with Gasteiger partial charge in [0.1, 0.15) is 0 Å². The lowest BCUT2D eigenvalue weighted by atomic mass is 9.68. The van der Waals surface area contributed by atoms with Crippen LogP contribution in [0.2, 0.25) is 0 Å². The van der Waals surface area contributed by atoms with Gasteiger partial charge in [-0.25, -0.2) is 4.98 Å². The number of amides is 1. The summed E-state index contributed by atoms with van der Waals surface area (Å²) in [6.45, 7) is 3.95. The number of methoxy groups -OCH3 is 1. The van der Waals surface area contributed by atoms with Crippen LogP contribution >= 0.6 is 0 Å². The Morgan fingerprint density at radius 1 is 1.03 bits per heavy atom. The predicted molar refractivity (Wildman–Crippen MR) is 141 cm³/mol. The molecule has 1 aromatic carbocycles. The van der Waals surface area contributed by atoms with E-state index in [1.54, 1.807) is 7.11 Å². The molecule has 1 aromatic heterocycles. The Balaban J connectivity index is 1.30. The van der Waals surface area contributed by atoms with Gasteiger partial charge in [0.2, 0.25) is 11.8 Å². The van der Waals surface area contributed by atoms with Crippen LogP contribution in [0.15, 0.2) is 42.5 Å². The van der Waals surface area contributed by atoms with E-state index >= 15 is 0 Å². The quantitative estimate of drug-likeness (QED) is 0.681. The molecular formula is C30H40N4O2.